The number of carbonyl (C=O) groups excluding carboxylic acids is 1. The van der Waals surface area contributed by atoms with Crippen LogP contribution in [0, 0.1) is 0 Å². The summed E-state index contributed by atoms with van der Waals surface area (Å²) in [7, 11) is 0. The fraction of sp³-hybridized carbons (Fsp3) is 0.381. The van der Waals surface area contributed by atoms with E-state index < -0.39 is 5.54 Å². The zero-order valence-electron chi connectivity index (χ0n) is 15.0. The first-order chi connectivity index (χ1) is 12.1. The molecule has 0 fully saturated rings. The molecule has 1 amide bonds. The van der Waals surface area contributed by atoms with Gasteiger partial charge in [0.15, 0.2) is 0 Å². The molecule has 2 rings (SSSR count). The van der Waals surface area contributed by atoms with Crippen molar-refractivity contribution < 1.29 is 9.90 Å². The largest absolute Gasteiger partial charge is 0.394 e. The Kier molecular flexibility index (Phi) is 7.16. The predicted molar refractivity (Wildman–Crippen MR) is 101 cm³/mol. The minimum absolute atomic E-state index is 0.0414. The summed E-state index contributed by atoms with van der Waals surface area (Å²) in [4.78, 5) is 12.7. The van der Waals surface area contributed by atoms with Crippen molar-refractivity contribution >= 4 is 5.91 Å². The number of aliphatic hydroxyl groups is 1. The van der Waals surface area contributed by atoms with Crippen molar-refractivity contribution in [3.8, 4) is 0 Å². The predicted octanol–water partition coefficient (Wildman–Crippen LogP) is 2.84. The molecule has 0 aromatic heterocycles. The molecule has 4 nitrogen and oxygen atoms in total. The Labute approximate surface area is 150 Å². The molecular weight excluding hydrogens is 312 g/mol. The Morgan fingerprint density at radius 3 is 2.24 bits per heavy atom. The Morgan fingerprint density at radius 2 is 1.68 bits per heavy atom. The summed E-state index contributed by atoms with van der Waals surface area (Å²) in [5, 5.41) is 16.1. The molecule has 0 bridgehead atoms. The van der Waals surface area contributed by atoms with E-state index in [0.717, 1.165) is 12.0 Å². The molecule has 2 atom stereocenters. The van der Waals surface area contributed by atoms with Crippen molar-refractivity contribution in [2.75, 3.05) is 13.2 Å². The van der Waals surface area contributed by atoms with Crippen LogP contribution in [-0.4, -0.2) is 29.7 Å². The van der Waals surface area contributed by atoms with Crippen LogP contribution in [0.25, 0.3) is 0 Å². The smallest absolute Gasteiger partial charge is 0.240 e. The Morgan fingerprint density at radius 1 is 1.08 bits per heavy atom. The van der Waals surface area contributed by atoms with Crippen LogP contribution in [0.2, 0.25) is 0 Å². The lowest BCUT2D eigenvalue weighted by Gasteiger charge is -2.33. The molecule has 0 spiro atoms. The van der Waals surface area contributed by atoms with Crippen LogP contribution in [0.5, 0.6) is 0 Å². The van der Waals surface area contributed by atoms with Gasteiger partial charge in [-0.15, -0.1) is 0 Å². The molecule has 25 heavy (non-hydrogen) atoms. The van der Waals surface area contributed by atoms with Crippen molar-refractivity contribution in [2.24, 2.45) is 0 Å². The number of benzene rings is 2. The maximum Gasteiger partial charge on any atom is 0.240 e. The summed E-state index contributed by atoms with van der Waals surface area (Å²) in [6, 6.07) is 19.5. The minimum atomic E-state index is -0.736. The van der Waals surface area contributed by atoms with Crippen molar-refractivity contribution in [1.29, 1.82) is 0 Å². The van der Waals surface area contributed by atoms with Crippen LogP contribution >= 0.6 is 0 Å². The maximum atomic E-state index is 12.7. The average molecular weight is 340 g/mol. The van der Waals surface area contributed by atoms with Crippen molar-refractivity contribution in [1.82, 2.24) is 10.6 Å². The second-order valence-corrected chi connectivity index (χ2v) is 6.47. The maximum absolute atomic E-state index is 12.7. The lowest BCUT2D eigenvalue weighted by molar-refractivity contribution is -0.127. The Balaban J connectivity index is 1.96. The van der Waals surface area contributed by atoms with E-state index in [9.17, 15) is 9.90 Å². The third-order valence-electron chi connectivity index (χ3n) is 4.63. The number of aliphatic hydroxyl groups excluding tert-OH is 1. The third kappa shape index (κ3) is 5.41. The van der Waals surface area contributed by atoms with Gasteiger partial charge in [0.1, 0.15) is 0 Å². The SMILES string of the molecule is CC[C@@](C)(N[C@@H](CO)c1ccccc1)C(=O)NCCc1ccccc1. The molecule has 0 heterocycles. The van der Waals surface area contributed by atoms with Gasteiger partial charge in [0.05, 0.1) is 18.2 Å². The molecule has 0 saturated heterocycles. The molecule has 2 aromatic rings. The van der Waals surface area contributed by atoms with E-state index in [1.54, 1.807) is 0 Å². The average Bonchev–Trinajstić information content (AvgIpc) is 2.67. The molecule has 3 N–H and O–H groups in total. The van der Waals surface area contributed by atoms with Gasteiger partial charge >= 0.3 is 0 Å². The number of hydrogen-bond acceptors (Lipinski definition) is 3. The summed E-state index contributed by atoms with van der Waals surface area (Å²) in [5.41, 5.74) is 1.44. The summed E-state index contributed by atoms with van der Waals surface area (Å²) in [5.74, 6) is -0.0414. The van der Waals surface area contributed by atoms with Gasteiger partial charge < -0.3 is 10.4 Å². The second-order valence-electron chi connectivity index (χ2n) is 6.47. The fourth-order valence-corrected chi connectivity index (χ4v) is 2.79. The van der Waals surface area contributed by atoms with Gasteiger partial charge in [-0.1, -0.05) is 67.6 Å². The first-order valence-corrected chi connectivity index (χ1v) is 8.85. The van der Waals surface area contributed by atoms with Crippen LogP contribution in [0.4, 0.5) is 0 Å². The van der Waals surface area contributed by atoms with Gasteiger partial charge in [-0.2, -0.15) is 0 Å². The molecule has 0 aliphatic carbocycles. The normalized spacial score (nSPS) is 14.5. The fourth-order valence-electron chi connectivity index (χ4n) is 2.79. The highest BCUT2D eigenvalue weighted by molar-refractivity contribution is 5.85. The van der Waals surface area contributed by atoms with Crippen molar-refractivity contribution in [3.63, 3.8) is 0 Å². The number of nitrogens with one attached hydrogen (secondary N) is 2. The van der Waals surface area contributed by atoms with Crippen LogP contribution < -0.4 is 10.6 Å². The van der Waals surface area contributed by atoms with Gasteiger partial charge in [-0.25, -0.2) is 0 Å². The van der Waals surface area contributed by atoms with E-state index in [4.69, 9.17) is 0 Å². The summed E-state index contributed by atoms with van der Waals surface area (Å²) < 4.78 is 0. The van der Waals surface area contributed by atoms with Crippen molar-refractivity contribution in [2.45, 2.75) is 38.3 Å². The first-order valence-electron chi connectivity index (χ1n) is 8.85. The minimum Gasteiger partial charge on any atom is -0.394 e. The van der Waals surface area contributed by atoms with E-state index in [-0.39, 0.29) is 18.6 Å². The first kappa shape index (κ1) is 19.2. The summed E-state index contributed by atoms with van der Waals surface area (Å²) in [6.07, 6.45) is 1.43. The summed E-state index contributed by atoms with van der Waals surface area (Å²) in [6.45, 7) is 4.39. The molecule has 0 aliphatic heterocycles. The van der Waals surface area contributed by atoms with Crippen LogP contribution in [-0.2, 0) is 11.2 Å². The summed E-state index contributed by atoms with van der Waals surface area (Å²) >= 11 is 0. The van der Waals surface area contributed by atoms with E-state index in [0.29, 0.717) is 13.0 Å². The van der Waals surface area contributed by atoms with Gasteiger partial charge in [0, 0.05) is 6.54 Å². The molecule has 0 unspecified atom stereocenters. The zero-order chi connectivity index (χ0) is 18.1. The highest BCUT2D eigenvalue weighted by Gasteiger charge is 2.33. The number of rotatable bonds is 9. The van der Waals surface area contributed by atoms with Gasteiger partial charge in [0.25, 0.3) is 0 Å². The molecule has 134 valence electrons. The zero-order valence-corrected chi connectivity index (χ0v) is 15.0. The van der Waals surface area contributed by atoms with Gasteiger partial charge in [-0.05, 0) is 30.9 Å². The van der Waals surface area contributed by atoms with E-state index in [1.165, 1.54) is 5.56 Å². The van der Waals surface area contributed by atoms with Crippen LogP contribution in [0.3, 0.4) is 0 Å². The van der Waals surface area contributed by atoms with E-state index in [1.807, 2.05) is 62.4 Å². The molecule has 0 aliphatic rings. The van der Waals surface area contributed by atoms with E-state index in [2.05, 4.69) is 22.8 Å². The molecule has 0 saturated carbocycles. The monoisotopic (exact) mass is 340 g/mol. The topological polar surface area (TPSA) is 61.4 Å². The highest BCUT2D eigenvalue weighted by atomic mass is 16.3. The quantitative estimate of drug-likeness (QED) is 0.658. The molecule has 2 aromatic carbocycles. The lowest BCUT2D eigenvalue weighted by atomic mass is 9.94. The Hall–Kier alpha value is -2.17. The number of carbonyl (C=O) groups is 1. The molecular formula is C21H28N2O2. The highest BCUT2D eigenvalue weighted by Crippen LogP contribution is 2.19. The van der Waals surface area contributed by atoms with Crippen molar-refractivity contribution in [3.05, 3.63) is 71.8 Å². The van der Waals surface area contributed by atoms with Crippen LogP contribution in [0.1, 0.15) is 37.4 Å². The second kappa shape index (κ2) is 9.35. The van der Waals surface area contributed by atoms with Crippen LogP contribution in [0.15, 0.2) is 60.7 Å². The van der Waals surface area contributed by atoms with E-state index >= 15 is 0 Å². The van der Waals surface area contributed by atoms with Gasteiger partial charge in [0.2, 0.25) is 5.91 Å². The standard InChI is InChI=1S/C21H28N2O2/c1-3-21(2,23-19(16-24)18-12-8-5-9-13-18)20(25)22-15-14-17-10-6-4-7-11-17/h4-13,19,23-24H,3,14-16H2,1-2H3,(H,22,25)/t19-,21+/m0/s1. The molecule has 0 radical (unpaired) electrons. The Bertz CT molecular complexity index is 645. The lowest BCUT2D eigenvalue weighted by Crippen LogP contribution is -2.56. The number of amides is 1. The third-order valence-corrected chi connectivity index (χ3v) is 4.63. The number of hydrogen-bond donors (Lipinski definition) is 3. The van der Waals surface area contributed by atoms with Gasteiger partial charge in [-0.3, -0.25) is 10.1 Å². The molecule has 4 heteroatoms.